The van der Waals surface area contributed by atoms with Gasteiger partial charge in [-0.3, -0.25) is 9.69 Å². The normalized spacial score (nSPS) is 22.3. The summed E-state index contributed by atoms with van der Waals surface area (Å²) in [5, 5.41) is 9.34. The topological polar surface area (TPSA) is 95.6 Å². The standard InChI is InChI=1S/C16H25N5O2/c1-11-14(8-18-16(17)19-11)15(23)21-6-5-20(9-12-2-3-12)13(10-21)4-7-22/h8,12-13,22H,2-7,9-10H2,1H3,(H2,17,18,19)/t13-/m0/s1. The van der Waals surface area contributed by atoms with Crippen LogP contribution >= 0.6 is 0 Å². The van der Waals surface area contributed by atoms with Crippen molar-refractivity contribution in [2.45, 2.75) is 32.2 Å². The maximum Gasteiger partial charge on any atom is 0.257 e. The Morgan fingerprint density at radius 2 is 2.22 bits per heavy atom. The number of piperazine rings is 1. The van der Waals surface area contributed by atoms with Crippen molar-refractivity contribution in [3.05, 3.63) is 17.5 Å². The van der Waals surface area contributed by atoms with Crippen LogP contribution in [0.1, 0.15) is 35.3 Å². The Labute approximate surface area is 136 Å². The maximum absolute atomic E-state index is 12.7. The lowest BCUT2D eigenvalue weighted by Gasteiger charge is -2.41. The van der Waals surface area contributed by atoms with Crippen LogP contribution in [0, 0.1) is 12.8 Å². The van der Waals surface area contributed by atoms with Crippen LogP contribution in [0.5, 0.6) is 0 Å². The third-order valence-electron chi connectivity index (χ3n) is 4.77. The van der Waals surface area contributed by atoms with Crippen molar-refractivity contribution in [3.8, 4) is 0 Å². The summed E-state index contributed by atoms with van der Waals surface area (Å²) in [6.07, 6.45) is 4.84. The Balaban J connectivity index is 1.69. The Morgan fingerprint density at radius 3 is 2.87 bits per heavy atom. The monoisotopic (exact) mass is 319 g/mol. The number of hydrogen-bond donors (Lipinski definition) is 2. The molecule has 1 aromatic rings. The van der Waals surface area contributed by atoms with Gasteiger partial charge in [0.05, 0.1) is 11.3 Å². The van der Waals surface area contributed by atoms with Gasteiger partial charge in [-0.2, -0.15) is 0 Å². The number of amides is 1. The number of nitrogens with two attached hydrogens (primary N) is 1. The predicted molar refractivity (Wildman–Crippen MR) is 86.9 cm³/mol. The number of aliphatic hydroxyl groups is 1. The molecule has 1 saturated carbocycles. The molecular formula is C16H25N5O2. The number of aryl methyl sites for hydroxylation is 1. The third kappa shape index (κ3) is 3.79. The summed E-state index contributed by atoms with van der Waals surface area (Å²) in [6.45, 7) is 5.24. The van der Waals surface area contributed by atoms with E-state index in [0.717, 1.165) is 19.0 Å². The predicted octanol–water partition coefficient (Wildman–Crippen LogP) is 0.286. The molecule has 0 unspecified atom stereocenters. The fourth-order valence-electron chi connectivity index (χ4n) is 3.24. The van der Waals surface area contributed by atoms with Crippen LogP contribution in [0.2, 0.25) is 0 Å². The molecule has 1 amide bonds. The summed E-state index contributed by atoms with van der Waals surface area (Å²) in [6, 6.07) is 0.230. The molecule has 0 aromatic carbocycles. The molecule has 1 aromatic heterocycles. The second-order valence-corrected chi connectivity index (χ2v) is 6.58. The van der Waals surface area contributed by atoms with Crippen molar-refractivity contribution in [2.75, 3.05) is 38.5 Å². The molecule has 126 valence electrons. The number of carbonyl (C=O) groups is 1. The first-order valence-electron chi connectivity index (χ1n) is 8.31. The molecule has 7 nitrogen and oxygen atoms in total. The van der Waals surface area contributed by atoms with Gasteiger partial charge < -0.3 is 15.7 Å². The minimum absolute atomic E-state index is 0.0449. The van der Waals surface area contributed by atoms with E-state index < -0.39 is 0 Å². The molecule has 2 heterocycles. The molecule has 23 heavy (non-hydrogen) atoms. The average molecular weight is 319 g/mol. The van der Waals surface area contributed by atoms with Gasteiger partial charge in [0.2, 0.25) is 5.95 Å². The second kappa shape index (κ2) is 6.80. The summed E-state index contributed by atoms with van der Waals surface area (Å²) in [7, 11) is 0. The van der Waals surface area contributed by atoms with Crippen LogP contribution < -0.4 is 5.73 Å². The van der Waals surface area contributed by atoms with Crippen molar-refractivity contribution in [1.29, 1.82) is 0 Å². The number of anilines is 1. The summed E-state index contributed by atoms with van der Waals surface area (Å²) >= 11 is 0. The van der Waals surface area contributed by atoms with E-state index in [1.165, 1.54) is 19.0 Å². The summed E-state index contributed by atoms with van der Waals surface area (Å²) in [4.78, 5) is 25.1. The Hall–Kier alpha value is -1.73. The van der Waals surface area contributed by atoms with Gasteiger partial charge in [-0.1, -0.05) is 0 Å². The van der Waals surface area contributed by atoms with E-state index in [4.69, 9.17) is 5.73 Å². The number of aliphatic hydroxyl groups excluding tert-OH is 1. The van der Waals surface area contributed by atoms with Gasteiger partial charge in [-0.05, 0) is 32.1 Å². The molecule has 0 radical (unpaired) electrons. The van der Waals surface area contributed by atoms with Gasteiger partial charge in [0.15, 0.2) is 0 Å². The molecule has 1 aliphatic heterocycles. The molecular weight excluding hydrogens is 294 g/mol. The van der Waals surface area contributed by atoms with Gasteiger partial charge in [-0.15, -0.1) is 0 Å². The van der Waals surface area contributed by atoms with Gasteiger partial charge in [0.25, 0.3) is 5.91 Å². The van der Waals surface area contributed by atoms with Crippen LogP contribution in [0.4, 0.5) is 5.95 Å². The Bertz CT molecular complexity index is 576. The zero-order valence-electron chi connectivity index (χ0n) is 13.6. The van der Waals surface area contributed by atoms with E-state index in [1.807, 2.05) is 4.90 Å². The molecule has 2 aliphatic rings. The van der Waals surface area contributed by atoms with Crippen molar-refractivity contribution < 1.29 is 9.90 Å². The first kappa shape index (κ1) is 16.1. The van der Waals surface area contributed by atoms with Crippen LogP contribution in [-0.2, 0) is 0 Å². The molecule has 1 aliphatic carbocycles. The van der Waals surface area contributed by atoms with Gasteiger partial charge in [0.1, 0.15) is 0 Å². The molecule has 0 bridgehead atoms. The number of nitrogens with zero attached hydrogens (tertiary/aromatic N) is 4. The second-order valence-electron chi connectivity index (χ2n) is 6.58. The average Bonchev–Trinajstić information content (AvgIpc) is 3.33. The van der Waals surface area contributed by atoms with Crippen LogP contribution in [0.15, 0.2) is 6.20 Å². The van der Waals surface area contributed by atoms with E-state index in [0.29, 0.717) is 30.8 Å². The number of rotatable bonds is 5. The lowest BCUT2D eigenvalue weighted by molar-refractivity contribution is 0.0406. The van der Waals surface area contributed by atoms with Crippen LogP contribution in [0.25, 0.3) is 0 Å². The molecule has 3 N–H and O–H groups in total. The zero-order chi connectivity index (χ0) is 16.4. The number of nitrogen functional groups attached to an aromatic ring is 1. The van der Waals surface area contributed by atoms with Crippen LogP contribution in [0.3, 0.4) is 0 Å². The van der Waals surface area contributed by atoms with Gasteiger partial charge in [0, 0.05) is 45.0 Å². The highest BCUT2D eigenvalue weighted by Gasteiger charge is 2.33. The van der Waals surface area contributed by atoms with E-state index in [9.17, 15) is 9.90 Å². The quantitative estimate of drug-likeness (QED) is 0.810. The highest BCUT2D eigenvalue weighted by atomic mass is 16.3. The highest BCUT2D eigenvalue weighted by molar-refractivity contribution is 5.95. The smallest absolute Gasteiger partial charge is 0.257 e. The molecule has 1 saturated heterocycles. The summed E-state index contributed by atoms with van der Waals surface area (Å²) in [5.74, 6) is 0.953. The Morgan fingerprint density at radius 1 is 1.43 bits per heavy atom. The Kier molecular flexibility index (Phi) is 4.77. The third-order valence-corrected chi connectivity index (χ3v) is 4.77. The van der Waals surface area contributed by atoms with E-state index in [1.54, 1.807) is 6.92 Å². The lowest BCUT2D eigenvalue weighted by atomic mass is 10.1. The molecule has 1 atom stereocenters. The van der Waals surface area contributed by atoms with Crippen molar-refractivity contribution in [3.63, 3.8) is 0 Å². The van der Waals surface area contributed by atoms with E-state index >= 15 is 0 Å². The first-order valence-corrected chi connectivity index (χ1v) is 8.31. The van der Waals surface area contributed by atoms with Crippen molar-refractivity contribution in [1.82, 2.24) is 19.8 Å². The summed E-state index contributed by atoms with van der Waals surface area (Å²) in [5.41, 5.74) is 6.68. The number of aromatic nitrogens is 2. The summed E-state index contributed by atoms with van der Waals surface area (Å²) < 4.78 is 0. The first-order chi connectivity index (χ1) is 11.1. The zero-order valence-corrected chi connectivity index (χ0v) is 13.6. The maximum atomic E-state index is 12.7. The largest absolute Gasteiger partial charge is 0.396 e. The SMILES string of the molecule is Cc1nc(N)ncc1C(=O)N1CCN(CC2CC2)[C@@H](CCO)C1. The van der Waals surface area contributed by atoms with Crippen molar-refractivity contribution in [2.24, 2.45) is 5.92 Å². The fourth-order valence-corrected chi connectivity index (χ4v) is 3.24. The van der Waals surface area contributed by atoms with E-state index in [-0.39, 0.29) is 24.5 Å². The van der Waals surface area contributed by atoms with Gasteiger partial charge in [-0.25, -0.2) is 9.97 Å². The lowest BCUT2D eigenvalue weighted by Crippen LogP contribution is -2.55. The molecule has 0 spiro atoms. The van der Waals surface area contributed by atoms with E-state index in [2.05, 4.69) is 14.9 Å². The molecule has 2 fully saturated rings. The highest BCUT2D eigenvalue weighted by Crippen LogP contribution is 2.31. The van der Waals surface area contributed by atoms with Crippen LogP contribution in [-0.4, -0.2) is 69.6 Å². The number of carbonyl (C=O) groups excluding carboxylic acids is 1. The van der Waals surface area contributed by atoms with Gasteiger partial charge >= 0.3 is 0 Å². The number of hydrogen-bond acceptors (Lipinski definition) is 6. The molecule has 3 rings (SSSR count). The molecule has 7 heteroatoms. The minimum atomic E-state index is -0.0449. The minimum Gasteiger partial charge on any atom is -0.396 e. The van der Waals surface area contributed by atoms with Crippen molar-refractivity contribution >= 4 is 11.9 Å². The fraction of sp³-hybridized carbons (Fsp3) is 0.688.